The molecule has 1 aliphatic heterocycles. The van der Waals surface area contributed by atoms with Gasteiger partial charge in [-0.15, -0.1) is 11.3 Å². The predicted octanol–water partition coefficient (Wildman–Crippen LogP) is 3.93. The monoisotopic (exact) mass is 352 g/mol. The molecule has 25 heavy (non-hydrogen) atoms. The molecule has 4 rings (SSSR count). The van der Waals surface area contributed by atoms with Crippen LogP contribution in [0.2, 0.25) is 0 Å². The molecular weight excluding hydrogens is 332 g/mol. The number of piperidine rings is 1. The Morgan fingerprint density at radius 2 is 1.88 bits per heavy atom. The zero-order chi connectivity index (χ0) is 17.2. The maximum atomic E-state index is 12.9. The first kappa shape index (κ1) is 16.0. The molecule has 0 N–H and O–H groups in total. The number of amides is 1. The maximum Gasteiger partial charge on any atom is 0.274 e. The van der Waals surface area contributed by atoms with Crippen molar-refractivity contribution >= 4 is 17.2 Å². The smallest absolute Gasteiger partial charge is 0.274 e. The van der Waals surface area contributed by atoms with E-state index in [0.717, 1.165) is 48.0 Å². The van der Waals surface area contributed by atoms with Crippen LogP contribution in [0.25, 0.3) is 16.4 Å². The molecule has 1 aliphatic rings. The average Bonchev–Trinajstić information content (AvgIpc) is 3.29. The summed E-state index contributed by atoms with van der Waals surface area (Å²) < 4.78 is 1.80. The topological polar surface area (TPSA) is 51.0 Å². The van der Waals surface area contributed by atoms with Crippen molar-refractivity contribution in [3.8, 4) is 16.4 Å². The fourth-order valence-corrected chi connectivity index (χ4v) is 3.91. The Morgan fingerprint density at radius 3 is 2.56 bits per heavy atom. The van der Waals surface area contributed by atoms with Crippen molar-refractivity contribution in [1.82, 2.24) is 19.7 Å². The second-order valence-electron chi connectivity index (χ2n) is 6.32. The highest BCUT2D eigenvalue weighted by atomic mass is 32.1. The van der Waals surface area contributed by atoms with Gasteiger partial charge in [-0.2, -0.15) is 5.10 Å². The lowest BCUT2D eigenvalue weighted by molar-refractivity contribution is 0.0718. The Hall–Kier alpha value is -2.47. The first-order valence-corrected chi connectivity index (χ1v) is 9.47. The fraction of sp³-hybridized carbons (Fsp3) is 0.316. The van der Waals surface area contributed by atoms with Gasteiger partial charge < -0.3 is 4.90 Å². The van der Waals surface area contributed by atoms with Crippen LogP contribution in [0.15, 0.2) is 41.8 Å². The van der Waals surface area contributed by atoms with Crippen LogP contribution in [0.3, 0.4) is 0 Å². The van der Waals surface area contributed by atoms with Gasteiger partial charge in [-0.25, -0.2) is 9.67 Å². The van der Waals surface area contributed by atoms with Gasteiger partial charge >= 0.3 is 0 Å². The summed E-state index contributed by atoms with van der Waals surface area (Å²) in [7, 11) is 0. The third kappa shape index (κ3) is 3.22. The molecule has 0 aliphatic carbocycles. The Labute approximate surface area is 150 Å². The van der Waals surface area contributed by atoms with E-state index in [1.807, 2.05) is 53.6 Å². The van der Waals surface area contributed by atoms with Crippen molar-refractivity contribution in [2.75, 3.05) is 13.1 Å². The summed E-state index contributed by atoms with van der Waals surface area (Å²) in [5.74, 6) is 0.0175. The molecular formula is C19H20N4OS. The molecule has 1 saturated heterocycles. The molecule has 0 radical (unpaired) electrons. The number of nitrogens with zero attached hydrogens (tertiary/aromatic N) is 4. The van der Waals surface area contributed by atoms with E-state index in [2.05, 4.69) is 10.1 Å². The van der Waals surface area contributed by atoms with Crippen LogP contribution < -0.4 is 0 Å². The van der Waals surface area contributed by atoms with Gasteiger partial charge in [0, 0.05) is 24.0 Å². The first-order valence-electron chi connectivity index (χ1n) is 8.59. The number of hydrogen-bond acceptors (Lipinski definition) is 4. The maximum absolute atomic E-state index is 12.9. The van der Waals surface area contributed by atoms with Gasteiger partial charge in [0.2, 0.25) is 5.13 Å². The number of benzene rings is 1. The molecule has 2 aromatic heterocycles. The number of aromatic nitrogens is 3. The van der Waals surface area contributed by atoms with Crippen LogP contribution in [0.1, 0.15) is 35.4 Å². The van der Waals surface area contributed by atoms with E-state index >= 15 is 0 Å². The molecule has 5 nitrogen and oxygen atoms in total. The van der Waals surface area contributed by atoms with Gasteiger partial charge in [0.15, 0.2) is 5.69 Å². The number of thiazole rings is 1. The minimum absolute atomic E-state index is 0.0175. The van der Waals surface area contributed by atoms with E-state index in [1.54, 1.807) is 4.68 Å². The number of rotatable bonds is 3. The van der Waals surface area contributed by atoms with E-state index in [9.17, 15) is 4.79 Å². The third-order valence-electron chi connectivity index (χ3n) is 4.43. The van der Waals surface area contributed by atoms with Crippen molar-refractivity contribution in [3.05, 3.63) is 53.2 Å². The summed E-state index contributed by atoms with van der Waals surface area (Å²) in [6.45, 7) is 3.61. The van der Waals surface area contributed by atoms with E-state index in [1.165, 1.54) is 17.8 Å². The average molecular weight is 352 g/mol. The third-order valence-corrected chi connectivity index (χ3v) is 5.36. The number of carbonyl (C=O) groups excluding carboxylic acids is 1. The highest BCUT2D eigenvalue weighted by Gasteiger charge is 2.23. The molecule has 1 fully saturated rings. The standard InChI is InChI=1S/C19H20N4OS/c1-14-13-25-19(20-14)23-17(15-8-4-2-5-9-15)12-16(21-23)18(24)22-10-6-3-7-11-22/h2,4-5,8-9,12-13H,3,6-7,10-11H2,1H3. The second kappa shape index (κ2) is 6.80. The van der Waals surface area contributed by atoms with Gasteiger partial charge in [-0.05, 0) is 32.3 Å². The summed E-state index contributed by atoms with van der Waals surface area (Å²) in [5.41, 5.74) is 3.38. The Morgan fingerprint density at radius 1 is 1.12 bits per heavy atom. The van der Waals surface area contributed by atoms with Gasteiger partial charge in [0.1, 0.15) is 0 Å². The summed E-state index contributed by atoms with van der Waals surface area (Å²) in [5, 5.41) is 7.40. The van der Waals surface area contributed by atoms with Crippen LogP contribution in [-0.2, 0) is 0 Å². The largest absolute Gasteiger partial charge is 0.337 e. The highest BCUT2D eigenvalue weighted by Crippen LogP contribution is 2.26. The lowest BCUT2D eigenvalue weighted by atomic mass is 10.1. The fourth-order valence-electron chi connectivity index (χ4n) is 3.14. The Kier molecular flexibility index (Phi) is 4.36. The first-order chi connectivity index (χ1) is 12.2. The minimum atomic E-state index is 0.0175. The molecule has 0 saturated carbocycles. The molecule has 1 amide bonds. The van der Waals surface area contributed by atoms with Gasteiger partial charge in [0.25, 0.3) is 5.91 Å². The zero-order valence-corrected chi connectivity index (χ0v) is 15.0. The van der Waals surface area contributed by atoms with E-state index in [-0.39, 0.29) is 5.91 Å². The quantitative estimate of drug-likeness (QED) is 0.718. The molecule has 1 aromatic carbocycles. The number of hydrogen-bond donors (Lipinski definition) is 0. The van der Waals surface area contributed by atoms with Crippen LogP contribution in [0.5, 0.6) is 0 Å². The second-order valence-corrected chi connectivity index (χ2v) is 7.15. The Balaban J connectivity index is 1.76. The molecule has 3 aromatic rings. The minimum Gasteiger partial charge on any atom is -0.337 e. The summed E-state index contributed by atoms with van der Waals surface area (Å²) in [4.78, 5) is 19.3. The van der Waals surface area contributed by atoms with Crippen molar-refractivity contribution in [3.63, 3.8) is 0 Å². The van der Waals surface area contributed by atoms with E-state index in [0.29, 0.717) is 5.69 Å². The van der Waals surface area contributed by atoms with Crippen molar-refractivity contribution in [2.45, 2.75) is 26.2 Å². The number of likely N-dealkylation sites (tertiary alicyclic amines) is 1. The number of aryl methyl sites for hydroxylation is 1. The van der Waals surface area contributed by atoms with Crippen molar-refractivity contribution in [2.24, 2.45) is 0 Å². The van der Waals surface area contributed by atoms with Gasteiger partial charge in [-0.3, -0.25) is 4.79 Å². The summed E-state index contributed by atoms with van der Waals surface area (Å²) in [6.07, 6.45) is 3.35. The predicted molar refractivity (Wildman–Crippen MR) is 99.2 cm³/mol. The molecule has 0 atom stereocenters. The molecule has 0 bridgehead atoms. The molecule has 3 heterocycles. The van der Waals surface area contributed by atoms with Gasteiger partial charge in [0.05, 0.1) is 11.4 Å². The van der Waals surface area contributed by atoms with Crippen LogP contribution in [0.4, 0.5) is 0 Å². The van der Waals surface area contributed by atoms with Crippen molar-refractivity contribution in [1.29, 1.82) is 0 Å². The van der Waals surface area contributed by atoms with E-state index in [4.69, 9.17) is 0 Å². The molecule has 6 heteroatoms. The van der Waals surface area contributed by atoms with Crippen LogP contribution in [-0.4, -0.2) is 38.7 Å². The van der Waals surface area contributed by atoms with Gasteiger partial charge in [-0.1, -0.05) is 30.3 Å². The summed E-state index contributed by atoms with van der Waals surface area (Å²) in [6, 6.07) is 11.9. The molecule has 0 spiro atoms. The van der Waals surface area contributed by atoms with Crippen molar-refractivity contribution < 1.29 is 4.79 Å². The zero-order valence-electron chi connectivity index (χ0n) is 14.2. The lowest BCUT2D eigenvalue weighted by Crippen LogP contribution is -2.35. The normalized spacial score (nSPS) is 14.7. The molecule has 128 valence electrons. The SMILES string of the molecule is Cc1csc(-n2nc(C(=O)N3CCCCC3)cc2-c2ccccc2)n1. The lowest BCUT2D eigenvalue weighted by Gasteiger charge is -2.25. The summed E-state index contributed by atoms with van der Waals surface area (Å²) >= 11 is 1.54. The molecule has 0 unspecified atom stereocenters. The van der Waals surface area contributed by atoms with E-state index < -0.39 is 0 Å². The van der Waals surface area contributed by atoms with Crippen LogP contribution >= 0.6 is 11.3 Å². The van der Waals surface area contributed by atoms with Crippen LogP contribution in [0, 0.1) is 6.92 Å². The highest BCUT2D eigenvalue weighted by molar-refractivity contribution is 7.12. The Bertz CT molecular complexity index is 878. The number of carbonyl (C=O) groups is 1.